The van der Waals surface area contributed by atoms with Gasteiger partial charge in [0.2, 0.25) is 0 Å². The van der Waals surface area contributed by atoms with Crippen LogP contribution in [0.15, 0.2) is 35.1 Å². The van der Waals surface area contributed by atoms with Gasteiger partial charge in [0.25, 0.3) is 5.91 Å². The van der Waals surface area contributed by atoms with Crippen LogP contribution in [0.4, 0.5) is 0 Å². The van der Waals surface area contributed by atoms with Crippen LogP contribution in [0.5, 0.6) is 0 Å². The van der Waals surface area contributed by atoms with Crippen molar-refractivity contribution in [2.24, 2.45) is 0 Å². The van der Waals surface area contributed by atoms with Crippen molar-refractivity contribution in [1.29, 1.82) is 0 Å². The van der Waals surface area contributed by atoms with E-state index in [4.69, 9.17) is 4.52 Å². The first-order chi connectivity index (χ1) is 10.3. The van der Waals surface area contributed by atoms with E-state index in [1.54, 1.807) is 18.5 Å². The third kappa shape index (κ3) is 3.48. The second-order valence-electron chi connectivity index (χ2n) is 5.48. The summed E-state index contributed by atoms with van der Waals surface area (Å²) < 4.78 is 5.23. The molecule has 0 saturated heterocycles. The van der Waals surface area contributed by atoms with Gasteiger partial charge in [0.15, 0.2) is 11.5 Å². The monoisotopic (exact) mass is 285 g/mol. The SMILES string of the molecule is O=C(NC1CCCCCC1)c1cc(-c2cccnc2)on1. The molecule has 1 N–H and O–H groups in total. The highest BCUT2D eigenvalue weighted by Gasteiger charge is 2.18. The van der Waals surface area contributed by atoms with E-state index in [1.807, 2.05) is 12.1 Å². The van der Waals surface area contributed by atoms with Gasteiger partial charge in [-0.25, -0.2) is 0 Å². The van der Waals surface area contributed by atoms with Gasteiger partial charge in [-0.05, 0) is 25.0 Å². The standard InChI is InChI=1S/C16H19N3O2/c20-16(18-13-7-3-1-2-4-8-13)14-10-15(21-19-14)12-6-5-9-17-11-12/h5-6,9-11,13H,1-4,7-8H2,(H,18,20). The number of carbonyl (C=O) groups is 1. The molecule has 1 aliphatic carbocycles. The zero-order valence-electron chi connectivity index (χ0n) is 11.9. The van der Waals surface area contributed by atoms with Crippen molar-refractivity contribution in [3.63, 3.8) is 0 Å². The lowest BCUT2D eigenvalue weighted by Gasteiger charge is -2.14. The fourth-order valence-electron chi connectivity index (χ4n) is 2.71. The molecule has 1 fully saturated rings. The van der Waals surface area contributed by atoms with Gasteiger partial charge in [-0.2, -0.15) is 0 Å². The first kappa shape index (κ1) is 13.8. The third-order valence-electron chi connectivity index (χ3n) is 3.88. The van der Waals surface area contributed by atoms with Crippen LogP contribution in [-0.4, -0.2) is 22.1 Å². The number of nitrogens with zero attached hydrogens (tertiary/aromatic N) is 2. The Morgan fingerprint density at radius 3 is 2.76 bits per heavy atom. The molecule has 2 aromatic heterocycles. The summed E-state index contributed by atoms with van der Waals surface area (Å²) in [6.07, 6.45) is 10.4. The number of hydrogen-bond donors (Lipinski definition) is 1. The Morgan fingerprint density at radius 2 is 2.05 bits per heavy atom. The van der Waals surface area contributed by atoms with Gasteiger partial charge in [0.05, 0.1) is 0 Å². The Morgan fingerprint density at radius 1 is 1.24 bits per heavy atom. The van der Waals surface area contributed by atoms with Gasteiger partial charge in [-0.15, -0.1) is 0 Å². The van der Waals surface area contributed by atoms with Crippen LogP contribution in [0.2, 0.25) is 0 Å². The van der Waals surface area contributed by atoms with Crippen molar-refractivity contribution in [3.05, 3.63) is 36.3 Å². The highest BCUT2D eigenvalue weighted by atomic mass is 16.5. The predicted octanol–water partition coefficient (Wildman–Crippen LogP) is 3.19. The molecule has 0 unspecified atom stereocenters. The first-order valence-electron chi connectivity index (χ1n) is 7.51. The molecule has 1 amide bonds. The van der Waals surface area contributed by atoms with Crippen molar-refractivity contribution in [2.45, 2.75) is 44.6 Å². The van der Waals surface area contributed by atoms with Crippen LogP contribution in [0.1, 0.15) is 49.0 Å². The average molecular weight is 285 g/mol. The number of hydrogen-bond acceptors (Lipinski definition) is 4. The van der Waals surface area contributed by atoms with E-state index in [0.717, 1.165) is 18.4 Å². The molecule has 2 aromatic rings. The summed E-state index contributed by atoms with van der Waals surface area (Å²) in [5, 5.41) is 6.93. The summed E-state index contributed by atoms with van der Waals surface area (Å²) in [7, 11) is 0. The second kappa shape index (κ2) is 6.52. The van der Waals surface area contributed by atoms with E-state index in [0.29, 0.717) is 11.5 Å². The van der Waals surface area contributed by atoms with Gasteiger partial charge in [-0.3, -0.25) is 9.78 Å². The molecule has 21 heavy (non-hydrogen) atoms. The molecular formula is C16H19N3O2. The fourth-order valence-corrected chi connectivity index (χ4v) is 2.71. The highest BCUT2D eigenvalue weighted by Crippen LogP contribution is 2.20. The minimum atomic E-state index is -0.152. The van der Waals surface area contributed by atoms with Crippen LogP contribution in [0.25, 0.3) is 11.3 Å². The van der Waals surface area contributed by atoms with E-state index in [9.17, 15) is 4.79 Å². The van der Waals surface area contributed by atoms with Gasteiger partial charge in [-0.1, -0.05) is 30.8 Å². The summed E-state index contributed by atoms with van der Waals surface area (Å²) in [5.74, 6) is 0.412. The van der Waals surface area contributed by atoms with Crippen molar-refractivity contribution in [1.82, 2.24) is 15.5 Å². The number of rotatable bonds is 3. The lowest BCUT2D eigenvalue weighted by molar-refractivity contribution is 0.0924. The summed E-state index contributed by atoms with van der Waals surface area (Å²) >= 11 is 0. The topological polar surface area (TPSA) is 68.0 Å². The molecule has 5 heteroatoms. The van der Waals surface area contributed by atoms with E-state index in [2.05, 4.69) is 15.5 Å². The molecule has 110 valence electrons. The first-order valence-corrected chi connectivity index (χ1v) is 7.51. The van der Waals surface area contributed by atoms with Crippen molar-refractivity contribution in [3.8, 4) is 11.3 Å². The second-order valence-corrected chi connectivity index (χ2v) is 5.48. The van der Waals surface area contributed by atoms with E-state index < -0.39 is 0 Å². The third-order valence-corrected chi connectivity index (χ3v) is 3.88. The van der Waals surface area contributed by atoms with Crippen LogP contribution in [0, 0.1) is 0 Å². The molecule has 0 spiro atoms. The number of pyridine rings is 1. The number of carbonyl (C=O) groups excluding carboxylic acids is 1. The van der Waals surface area contributed by atoms with E-state index in [-0.39, 0.29) is 11.9 Å². The average Bonchev–Trinajstić information content (AvgIpc) is 2.88. The van der Waals surface area contributed by atoms with Gasteiger partial charge in [0.1, 0.15) is 0 Å². The molecular weight excluding hydrogens is 266 g/mol. The molecule has 0 aromatic carbocycles. The maximum atomic E-state index is 12.2. The number of amides is 1. The Hall–Kier alpha value is -2.17. The Labute approximate surface area is 123 Å². The summed E-state index contributed by atoms with van der Waals surface area (Å²) in [4.78, 5) is 16.3. The highest BCUT2D eigenvalue weighted by molar-refractivity contribution is 5.93. The minimum Gasteiger partial charge on any atom is -0.355 e. The van der Waals surface area contributed by atoms with Crippen LogP contribution in [-0.2, 0) is 0 Å². The quantitative estimate of drug-likeness (QED) is 0.879. The summed E-state index contributed by atoms with van der Waals surface area (Å²) in [5.41, 5.74) is 1.15. The maximum Gasteiger partial charge on any atom is 0.273 e. The molecule has 0 bridgehead atoms. The van der Waals surface area contributed by atoms with Crippen LogP contribution >= 0.6 is 0 Å². The lowest BCUT2D eigenvalue weighted by Crippen LogP contribution is -2.34. The lowest BCUT2D eigenvalue weighted by atomic mass is 10.1. The fraction of sp³-hybridized carbons (Fsp3) is 0.438. The predicted molar refractivity (Wildman–Crippen MR) is 78.7 cm³/mol. The van der Waals surface area contributed by atoms with E-state index >= 15 is 0 Å². The van der Waals surface area contributed by atoms with Crippen LogP contribution in [0.3, 0.4) is 0 Å². The Bertz CT molecular complexity index is 587. The molecule has 0 radical (unpaired) electrons. The largest absolute Gasteiger partial charge is 0.355 e. The van der Waals surface area contributed by atoms with Gasteiger partial charge < -0.3 is 9.84 Å². The minimum absolute atomic E-state index is 0.152. The molecule has 5 nitrogen and oxygen atoms in total. The zero-order chi connectivity index (χ0) is 14.5. The molecule has 3 rings (SSSR count). The van der Waals surface area contributed by atoms with Gasteiger partial charge in [0, 0.05) is 30.1 Å². The van der Waals surface area contributed by atoms with Gasteiger partial charge >= 0.3 is 0 Å². The maximum absolute atomic E-state index is 12.2. The van der Waals surface area contributed by atoms with Crippen molar-refractivity contribution >= 4 is 5.91 Å². The molecule has 0 atom stereocenters. The Balaban J connectivity index is 1.66. The van der Waals surface area contributed by atoms with E-state index in [1.165, 1.54) is 25.7 Å². The molecule has 0 aliphatic heterocycles. The molecule has 1 saturated carbocycles. The molecule has 2 heterocycles. The smallest absolute Gasteiger partial charge is 0.273 e. The van der Waals surface area contributed by atoms with Crippen molar-refractivity contribution in [2.75, 3.05) is 0 Å². The Kier molecular flexibility index (Phi) is 4.28. The van der Waals surface area contributed by atoms with Crippen LogP contribution < -0.4 is 5.32 Å². The normalized spacial score (nSPS) is 16.4. The summed E-state index contributed by atoms with van der Waals surface area (Å²) in [6.45, 7) is 0. The zero-order valence-corrected chi connectivity index (χ0v) is 11.9. The summed E-state index contributed by atoms with van der Waals surface area (Å²) in [6, 6.07) is 5.63. The van der Waals surface area contributed by atoms with Crippen molar-refractivity contribution < 1.29 is 9.32 Å². The number of nitrogens with one attached hydrogen (secondary N) is 1. The number of aromatic nitrogens is 2. The molecule has 1 aliphatic rings.